The molecular formula is C14H20BrNOS. The number of carbonyl (C=O) groups excluding carboxylic acids is 1. The zero-order valence-corrected chi connectivity index (χ0v) is 13.4. The molecule has 0 aliphatic heterocycles. The van der Waals surface area contributed by atoms with Gasteiger partial charge < -0.3 is 4.90 Å². The topological polar surface area (TPSA) is 20.3 Å². The Morgan fingerprint density at radius 2 is 2.11 bits per heavy atom. The third-order valence-corrected chi connectivity index (χ3v) is 5.52. The number of halogens is 1. The van der Waals surface area contributed by atoms with E-state index in [4.69, 9.17) is 0 Å². The van der Waals surface area contributed by atoms with Gasteiger partial charge in [0.15, 0.2) is 0 Å². The van der Waals surface area contributed by atoms with Crippen LogP contribution in [0.4, 0.5) is 0 Å². The summed E-state index contributed by atoms with van der Waals surface area (Å²) in [6, 6.07) is 2.09. The van der Waals surface area contributed by atoms with Crippen LogP contribution < -0.4 is 0 Å². The fourth-order valence-corrected chi connectivity index (χ4v) is 4.25. The molecule has 0 saturated heterocycles. The van der Waals surface area contributed by atoms with Crippen molar-refractivity contribution in [1.29, 1.82) is 0 Å². The zero-order valence-electron chi connectivity index (χ0n) is 11.0. The monoisotopic (exact) mass is 329 g/mol. The van der Waals surface area contributed by atoms with E-state index < -0.39 is 0 Å². The first-order valence-electron chi connectivity index (χ1n) is 6.50. The van der Waals surface area contributed by atoms with Crippen molar-refractivity contribution in [3.05, 3.63) is 20.8 Å². The van der Waals surface area contributed by atoms with Crippen molar-refractivity contribution in [2.24, 2.45) is 5.41 Å². The maximum Gasteiger partial charge on any atom is 0.228 e. The van der Waals surface area contributed by atoms with Crippen LogP contribution in [0.3, 0.4) is 0 Å². The van der Waals surface area contributed by atoms with E-state index in [-0.39, 0.29) is 5.41 Å². The van der Waals surface area contributed by atoms with Gasteiger partial charge in [0, 0.05) is 27.2 Å². The molecule has 0 spiro atoms. The molecule has 4 heteroatoms. The van der Waals surface area contributed by atoms with Crippen molar-refractivity contribution in [3.8, 4) is 0 Å². The predicted molar refractivity (Wildman–Crippen MR) is 79.7 cm³/mol. The summed E-state index contributed by atoms with van der Waals surface area (Å²) in [5, 5.41) is 2.07. The molecule has 1 aromatic heterocycles. The maximum absolute atomic E-state index is 12.5. The smallest absolute Gasteiger partial charge is 0.228 e. The van der Waals surface area contributed by atoms with E-state index in [1.54, 1.807) is 11.3 Å². The summed E-state index contributed by atoms with van der Waals surface area (Å²) < 4.78 is 1.10. The molecule has 0 bridgehead atoms. The van der Waals surface area contributed by atoms with Crippen LogP contribution in [0.1, 0.15) is 43.9 Å². The normalized spacial score (nSPS) is 18.6. The number of hydrogen-bond donors (Lipinski definition) is 0. The van der Waals surface area contributed by atoms with Gasteiger partial charge in [0.2, 0.25) is 5.91 Å². The summed E-state index contributed by atoms with van der Waals surface area (Å²) in [4.78, 5) is 15.7. The van der Waals surface area contributed by atoms with Crippen LogP contribution in [0.15, 0.2) is 15.9 Å². The number of nitrogens with zero attached hydrogens (tertiary/aromatic N) is 1. The fraction of sp³-hybridized carbons (Fsp3) is 0.643. The summed E-state index contributed by atoms with van der Waals surface area (Å²) in [6.07, 6.45) is 5.76. The van der Waals surface area contributed by atoms with Crippen LogP contribution in [-0.2, 0) is 11.3 Å². The van der Waals surface area contributed by atoms with Crippen LogP contribution in [0.2, 0.25) is 0 Å². The molecule has 0 radical (unpaired) electrons. The molecule has 1 aromatic rings. The Hall–Kier alpha value is -0.350. The van der Waals surface area contributed by atoms with Crippen molar-refractivity contribution in [2.45, 2.75) is 45.6 Å². The molecule has 1 saturated carbocycles. The molecule has 1 aliphatic rings. The average Bonchev–Trinajstić information content (AvgIpc) is 2.74. The van der Waals surface area contributed by atoms with E-state index in [2.05, 4.69) is 34.3 Å². The van der Waals surface area contributed by atoms with E-state index >= 15 is 0 Å². The molecule has 0 aromatic carbocycles. The van der Waals surface area contributed by atoms with E-state index in [9.17, 15) is 4.79 Å². The minimum Gasteiger partial charge on any atom is -0.340 e. The Bertz CT molecular complexity index is 423. The van der Waals surface area contributed by atoms with Gasteiger partial charge in [0.25, 0.3) is 0 Å². The SMILES string of the molecule is CN(Cc1cc(Br)cs1)C(=O)C1(C)CCCCC1. The summed E-state index contributed by atoms with van der Waals surface area (Å²) >= 11 is 5.15. The third-order valence-electron chi connectivity index (χ3n) is 3.83. The van der Waals surface area contributed by atoms with Crippen molar-refractivity contribution in [2.75, 3.05) is 7.05 Å². The summed E-state index contributed by atoms with van der Waals surface area (Å²) in [5.41, 5.74) is -0.124. The Balaban J connectivity index is 1.99. The highest BCUT2D eigenvalue weighted by molar-refractivity contribution is 9.10. The van der Waals surface area contributed by atoms with Gasteiger partial charge >= 0.3 is 0 Å². The van der Waals surface area contributed by atoms with Crippen molar-refractivity contribution in [1.82, 2.24) is 4.90 Å². The van der Waals surface area contributed by atoms with Crippen LogP contribution in [0, 0.1) is 5.41 Å². The van der Waals surface area contributed by atoms with Crippen molar-refractivity contribution in [3.63, 3.8) is 0 Å². The Morgan fingerprint density at radius 1 is 1.44 bits per heavy atom. The van der Waals surface area contributed by atoms with Gasteiger partial charge in [-0.15, -0.1) is 11.3 Å². The number of hydrogen-bond acceptors (Lipinski definition) is 2. The number of carbonyl (C=O) groups is 1. The summed E-state index contributed by atoms with van der Waals surface area (Å²) in [7, 11) is 1.93. The lowest BCUT2D eigenvalue weighted by Gasteiger charge is -2.35. The lowest BCUT2D eigenvalue weighted by molar-refractivity contribution is -0.142. The van der Waals surface area contributed by atoms with Gasteiger partial charge in [0.05, 0.1) is 6.54 Å². The Morgan fingerprint density at radius 3 is 2.67 bits per heavy atom. The van der Waals surface area contributed by atoms with E-state index in [1.807, 2.05) is 11.9 Å². The predicted octanol–water partition coefficient (Wildman–Crippen LogP) is 4.44. The molecule has 100 valence electrons. The minimum absolute atomic E-state index is 0.124. The minimum atomic E-state index is -0.124. The van der Waals surface area contributed by atoms with Gasteiger partial charge in [0.1, 0.15) is 0 Å². The van der Waals surface area contributed by atoms with Crippen LogP contribution in [0.25, 0.3) is 0 Å². The first-order chi connectivity index (χ1) is 8.51. The second-order valence-electron chi connectivity index (χ2n) is 5.51. The summed E-state index contributed by atoms with van der Waals surface area (Å²) in [6.45, 7) is 2.86. The molecule has 0 N–H and O–H groups in total. The van der Waals surface area contributed by atoms with E-state index in [0.29, 0.717) is 5.91 Å². The highest BCUT2D eigenvalue weighted by Crippen LogP contribution is 2.37. The van der Waals surface area contributed by atoms with E-state index in [1.165, 1.54) is 24.1 Å². The molecular weight excluding hydrogens is 310 g/mol. The number of rotatable bonds is 3. The van der Waals surface area contributed by atoms with Crippen molar-refractivity contribution < 1.29 is 4.79 Å². The molecule has 1 fully saturated rings. The number of thiophene rings is 1. The second-order valence-corrected chi connectivity index (χ2v) is 7.43. The fourth-order valence-electron chi connectivity index (χ4n) is 2.75. The largest absolute Gasteiger partial charge is 0.340 e. The highest BCUT2D eigenvalue weighted by Gasteiger charge is 2.36. The molecule has 1 heterocycles. The molecule has 0 unspecified atom stereocenters. The van der Waals surface area contributed by atoms with Gasteiger partial charge in [-0.3, -0.25) is 4.79 Å². The highest BCUT2D eigenvalue weighted by atomic mass is 79.9. The maximum atomic E-state index is 12.5. The van der Waals surface area contributed by atoms with Gasteiger partial charge in [-0.2, -0.15) is 0 Å². The summed E-state index contributed by atoms with van der Waals surface area (Å²) in [5.74, 6) is 0.312. The first-order valence-corrected chi connectivity index (χ1v) is 8.17. The number of amides is 1. The zero-order chi connectivity index (χ0) is 13.2. The van der Waals surface area contributed by atoms with Crippen molar-refractivity contribution >= 4 is 33.2 Å². The second kappa shape index (κ2) is 5.74. The quantitative estimate of drug-likeness (QED) is 0.802. The molecule has 2 rings (SSSR count). The molecule has 1 amide bonds. The van der Waals surface area contributed by atoms with Gasteiger partial charge in [-0.1, -0.05) is 26.2 Å². The third kappa shape index (κ3) is 3.15. The molecule has 18 heavy (non-hydrogen) atoms. The Kier molecular flexibility index (Phi) is 4.49. The lowest BCUT2D eigenvalue weighted by Crippen LogP contribution is -2.40. The van der Waals surface area contributed by atoms with Gasteiger partial charge in [-0.25, -0.2) is 0 Å². The van der Waals surface area contributed by atoms with E-state index in [0.717, 1.165) is 23.9 Å². The molecule has 1 aliphatic carbocycles. The molecule has 2 nitrogen and oxygen atoms in total. The van der Waals surface area contributed by atoms with Crippen LogP contribution >= 0.6 is 27.3 Å². The van der Waals surface area contributed by atoms with Crippen LogP contribution in [-0.4, -0.2) is 17.9 Å². The first kappa shape index (κ1) is 14.1. The molecule has 0 atom stereocenters. The van der Waals surface area contributed by atoms with Gasteiger partial charge in [-0.05, 0) is 34.8 Å². The Labute approximate surface area is 122 Å². The lowest BCUT2D eigenvalue weighted by atomic mass is 9.75. The average molecular weight is 330 g/mol. The van der Waals surface area contributed by atoms with Crippen LogP contribution in [0.5, 0.6) is 0 Å². The standard InChI is InChI=1S/C14H20BrNOS/c1-14(6-4-3-5-7-14)13(17)16(2)9-12-8-11(15)10-18-12/h8,10H,3-7,9H2,1-2H3.